The number of nitriles is 2. The third-order valence-corrected chi connectivity index (χ3v) is 6.10. The zero-order valence-corrected chi connectivity index (χ0v) is 16.6. The van der Waals surface area contributed by atoms with E-state index in [2.05, 4.69) is 31.9 Å². The molecule has 0 radical (unpaired) electrons. The van der Waals surface area contributed by atoms with Gasteiger partial charge in [0.2, 0.25) is 0 Å². The van der Waals surface area contributed by atoms with Crippen LogP contribution in [0.3, 0.4) is 0 Å². The molecule has 7 heteroatoms. The lowest BCUT2D eigenvalue weighted by molar-refractivity contribution is 0.473. The third-order valence-electron chi connectivity index (χ3n) is 6.10. The molecule has 5 rings (SSSR count). The van der Waals surface area contributed by atoms with Crippen molar-refractivity contribution in [1.29, 1.82) is 10.5 Å². The maximum Gasteiger partial charge on any atom is 0.150 e. The van der Waals surface area contributed by atoms with Crippen molar-refractivity contribution < 1.29 is 0 Å². The van der Waals surface area contributed by atoms with E-state index in [9.17, 15) is 5.26 Å². The fourth-order valence-corrected chi connectivity index (χ4v) is 4.35. The Bertz CT molecular complexity index is 1160. The molecule has 0 N–H and O–H groups in total. The average molecular weight is 395 g/mol. The largest absolute Gasteiger partial charge is 0.355 e. The molecule has 0 unspecified atom stereocenters. The second kappa shape index (κ2) is 7.61. The highest BCUT2D eigenvalue weighted by atomic mass is 15.3. The smallest absolute Gasteiger partial charge is 0.150 e. The van der Waals surface area contributed by atoms with Crippen LogP contribution in [0.2, 0.25) is 0 Å². The molecule has 0 saturated carbocycles. The number of fused-ring (bicyclic) bond motifs is 1. The zero-order chi connectivity index (χ0) is 20.5. The predicted molar refractivity (Wildman–Crippen MR) is 114 cm³/mol. The lowest BCUT2D eigenvalue weighted by Gasteiger charge is -2.41. The number of anilines is 2. The first kappa shape index (κ1) is 18.3. The number of hydrogen-bond donors (Lipinski definition) is 0. The first-order valence-electron chi connectivity index (χ1n) is 10.3. The van der Waals surface area contributed by atoms with Gasteiger partial charge < -0.3 is 9.80 Å². The van der Waals surface area contributed by atoms with Gasteiger partial charge in [-0.05, 0) is 25.0 Å². The summed E-state index contributed by atoms with van der Waals surface area (Å²) in [4.78, 5) is 18.5. The van der Waals surface area contributed by atoms with E-state index >= 15 is 0 Å². The monoisotopic (exact) mass is 395 g/mol. The Hall–Kier alpha value is -3.71. The van der Waals surface area contributed by atoms with Crippen LogP contribution in [0.15, 0.2) is 42.7 Å². The van der Waals surface area contributed by atoms with Gasteiger partial charge in [-0.25, -0.2) is 9.97 Å². The molecule has 2 aromatic heterocycles. The van der Waals surface area contributed by atoms with Crippen LogP contribution in [0.25, 0.3) is 10.9 Å². The minimum atomic E-state index is 0.147. The summed E-state index contributed by atoms with van der Waals surface area (Å²) in [5.74, 6) is 2.21. The van der Waals surface area contributed by atoms with E-state index in [0.717, 1.165) is 67.3 Å². The van der Waals surface area contributed by atoms with Gasteiger partial charge in [-0.1, -0.05) is 18.2 Å². The van der Waals surface area contributed by atoms with Gasteiger partial charge in [-0.3, -0.25) is 4.98 Å². The van der Waals surface area contributed by atoms with Crippen molar-refractivity contribution in [3.63, 3.8) is 0 Å². The van der Waals surface area contributed by atoms with Crippen LogP contribution in [0.5, 0.6) is 0 Å². The van der Waals surface area contributed by atoms with E-state index in [1.54, 1.807) is 12.4 Å². The van der Waals surface area contributed by atoms with E-state index in [1.807, 2.05) is 30.3 Å². The van der Waals surface area contributed by atoms with Gasteiger partial charge in [0.1, 0.15) is 5.82 Å². The van der Waals surface area contributed by atoms with Gasteiger partial charge in [0, 0.05) is 55.8 Å². The number of rotatable bonds is 3. The molecule has 0 spiro atoms. The van der Waals surface area contributed by atoms with E-state index in [4.69, 9.17) is 10.2 Å². The van der Waals surface area contributed by atoms with Gasteiger partial charge in [-0.15, -0.1) is 0 Å². The van der Waals surface area contributed by atoms with Crippen LogP contribution >= 0.6 is 0 Å². The summed E-state index contributed by atoms with van der Waals surface area (Å²) >= 11 is 0. The van der Waals surface area contributed by atoms with Gasteiger partial charge in [0.15, 0.2) is 5.82 Å². The van der Waals surface area contributed by atoms with Crippen LogP contribution in [0.1, 0.15) is 30.0 Å². The Morgan fingerprint density at radius 2 is 1.73 bits per heavy atom. The molecule has 0 atom stereocenters. The predicted octanol–water partition coefficient (Wildman–Crippen LogP) is 3.24. The number of hydrogen-bond acceptors (Lipinski definition) is 7. The van der Waals surface area contributed by atoms with Crippen LogP contribution in [0, 0.1) is 28.6 Å². The molecular formula is C23H21N7. The Kier molecular flexibility index (Phi) is 4.65. The highest BCUT2D eigenvalue weighted by molar-refractivity contribution is 5.86. The van der Waals surface area contributed by atoms with Crippen molar-refractivity contribution in [2.75, 3.05) is 36.0 Å². The van der Waals surface area contributed by atoms with E-state index in [-0.39, 0.29) is 11.8 Å². The van der Waals surface area contributed by atoms with Gasteiger partial charge in [0.05, 0.1) is 28.9 Å². The molecule has 2 aliphatic heterocycles. The van der Waals surface area contributed by atoms with E-state index < -0.39 is 0 Å². The Labute approximate surface area is 175 Å². The number of piperidine rings is 1. The summed E-state index contributed by atoms with van der Waals surface area (Å²) < 4.78 is 0. The molecule has 4 heterocycles. The molecule has 2 saturated heterocycles. The van der Waals surface area contributed by atoms with Crippen molar-refractivity contribution in [2.24, 2.45) is 5.92 Å². The molecule has 2 aliphatic rings. The molecule has 7 nitrogen and oxygen atoms in total. The molecule has 30 heavy (non-hydrogen) atoms. The summed E-state index contributed by atoms with van der Waals surface area (Å²) in [5, 5.41) is 19.6. The van der Waals surface area contributed by atoms with Crippen LogP contribution in [-0.2, 0) is 0 Å². The quantitative estimate of drug-likeness (QED) is 0.672. The number of benzene rings is 1. The first-order chi connectivity index (χ1) is 14.8. The fraction of sp³-hybridized carbons (Fsp3) is 0.348. The molecular weight excluding hydrogens is 374 g/mol. The maximum atomic E-state index is 9.54. The minimum absolute atomic E-state index is 0.147. The van der Waals surface area contributed by atoms with Gasteiger partial charge in [0.25, 0.3) is 0 Å². The highest BCUT2D eigenvalue weighted by Crippen LogP contribution is 2.35. The highest BCUT2D eigenvalue weighted by Gasteiger charge is 2.34. The average Bonchev–Trinajstić information content (AvgIpc) is 2.78. The number of pyridine rings is 1. The normalized spacial score (nSPS) is 17.4. The zero-order valence-electron chi connectivity index (χ0n) is 16.6. The van der Waals surface area contributed by atoms with Crippen molar-refractivity contribution in [3.05, 3.63) is 54.0 Å². The molecule has 0 amide bonds. The van der Waals surface area contributed by atoms with Crippen LogP contribution in [-0.4, -0.2) is 41.1 Å². The Morgan fingerprint density at radius 1 is 0.967 bits per heavy atom. The second-order valence-electron chi connectivity index (χ2n) is 7.91. The lowest BCUT2D eigenvalue weighted by atomic mass is 9.93. The first-order valence-corrected chi connectivity index (χ1v) is 10.3. The molecule has 2 fully saturated rings. The third kappa shape index (κ3) is 3.19. The fourth-order valence-electron chi connectivity index (χ4n) is 4.35. The standard InChI is InChI=1S/C23H21N7/c24-12-16-5-9-29(10-6-16)23-22(26-7-8-27-23)18-14-30(15-18)21-11-17(13-25)19-3-1-2-4-20(19)28-21/h1-4,7-8,11,16,18H,5-6,9-10,14-15H2. The SMILES string of the molecule is N#Cc1cc(N2CC(c3nccnc3N3CCC(C#N)CC3)C2)nc2ccccc12. The van der Waals surface area contributed by atoms with E-state index in [1.165, 1.54) is 0 Å². The summed E-state index contributed by atoms with van der Waals surface area (Å²) in [5.41, 5.74) is 2.51. The van der Waals surface area contributed by atoms with Crippen molar-refractivity contribution >= 4 is 22.5 Å². The van der Waals surface area contributed by atoms with Crippen molar-refractivity contribution in [3.8, 4) is 12.1 Å². The number of nitrogens with zero attached hydrogens (tertiary/aromatic N) is 7. The lowest BCUT2D eigenvalue weighted by Crippen LogP contribution is -2.47. The topological polar surface area (TPSA) is 92.7 Å². The molecule has 148 valence electrons. The molecule has 0 bridgehead atoms. The summed E-state index contributed by atoms with van der Waals surface area (Å²) in [6, 6.07) is 14.3. The van der Waals surface area contributed by atoms with E-state index in [0.29, 0.717) is 5.56 Å². The Morgan fingerprint density at radius 3 is 2.50 bits per heavy atom. The van der Waals surface area contributed by atoms with Gasteiger partial charge in [-0.2, -0.15) is 10.5 Å². The summed E-state index contributed by atoms with van der Waals surface area (Å²) in [6.07, 6.45) is 5.25. The number of aromatic nitrogens is 3. The molecule has 3 aromatic rings. The maximum absolute atomic E-state index is 9.54. The van der Waals surface area contributed by atoms with Crippen molar-refractivity contribution in [1.82, 2.24) is 15.0 Å². The minimum Gasteiger partial charge on any atom is -0.355 e. The van der Waals surface area contributed by atoms with Crippen LogP contribution < -0.4 is 9.80 Å². The Balaban J connectivity index is 1.35. The second-order valence-corrected chi connectivity index (χ2v) is 7.91. The van der Waals surface area contributed by atoms with Crippen LogP contribution in [0.4, 0.5) is 11.6 Å². The van der Waals surface area contributed by atoms with Crippen molar-refractivity contribution in [2.45, 2.75) is 18.8 Å². The number of para-hydroxylation sites is 1. The van der Waals surface area contributed by atoms with Gasteiger partial charge >= 0.3 is 0 Å². The summed E-state index contributed by atoms with van der Waals surface area (Å²) in [6.45, 7) is 3.29. The summed E-state index contributed by atoms with van der Waals surface area (Å²) in [7, 11) is 0. The molecule has 1 aromatic carbocycles. The molecule has 0 aliphatic carbocycles.